The number of nitrogens with zero attached hydrogens (tertiary/aromatic N) is 3. The molecule has 1 aromatic heterocycles. The van der Waals surface area contributed by atoms with E-state index >= 15 is 0 Å². The summed E-state index contributed by atoms with van der Waals surface area (Å²) in [6.07, 6.45) is 0. The molecule has 1 aromatic carbocycles. The number of rotatable bonds is 4. The minimum atomic E-state index is -0.439. The van der Waals surface area contributed by atoms with Crippen molar-refractivity contribution in [3.05, 3.63) is 45.9 Å². The number of H-pyrrole nitrogens is 1. The Kier molecular flexibility index (Phi) is 4.40. The second-order valence-electron chi connectivity index (χ2n) is 4.88. The van der Waals surface area contributed by atoms with E-state index in [2.05, 4.69) is 15.3 Å². The van der Waals surface area contributed by atoms with Gasteiger partial charge in [-0.2, -0.15) is 0 Å². The van der Waals surface area contributed by atoms with Gasteiger partial charge in [0.15, 0.2) is 0 Å². The number of aryl methyl sites for hydroxylation is 1. The van der Waals surface area contributed by atoms with Gasteiger partial charge in [0, 0.05) is 37.5 Å². The lowest BCUT2D eigenvalue weighted by Gasteiger charge is -2.14. The molecular formula is C14H17N5O3. The van der Waals surface area contributed by atoms with E-state index < -0.39 is 4.92 Å². The molecule has 0 aliphatic carbocycles. The Hall–Kier alpha value is -2.90. The minimum Gasteiger partial charge on any atom is -0.344 e. The molecule has 0 unspecified atom stereocenters. The fraction of sp³-hybridized carbons (Fsp3) is 0.286. The van der Waals surface area contributed by atoms with Gasteiger partial charge in [-0.1, -0.05) is 12.1 Å². The van der Waals surface area contributed by atoms with Gasteiger partial charge in [-0.05, 0) is 6.92 Å². The molecule has 0 saturated carbocycles. The number of benzene rings is 1. The number of urea groups is 1. The van der Waals surface area contributed by atoms with Gasteiger partial charge in [-0.25, -0.2) is 9.78 Å². The normalized spacial score (nSPS) is 10.3. The van der Waals surface area contributed by atoms with E-state index in [-0.39, 0.29) is 11.7 Å². The zero-order valence-electron chi connectivity index (χ0n) is 12.6. The number of non-ortho nitro benzene ring substituents is 1. The Morgan fingerprint density at radius 2 is 2.23 bits per heavy atom. The van der Waals surface area contributed by atoms with Gasteiger partial charge >= 0.3 is 6.03 Å². The number of carbonyl (C=O) groups is 1. The van der Waals surface area contributed by atoms with Gasteiger partial charge in [0.2, 0.25) is 0 Å². The van der Waals surface area contributed by atoms with Crippen LogP contribution in [0, 0.1) is 17.0 Å². The molecule has 0 bridgehead atoms. The molecule has 2 amide bonds. The Morgan fingerprint density at radius 1 is 1.50 bits per heavy atom. The molecular weight excluding hydrogens is 286 g/mol. The third-order valence-corrected chi connectivity index (χ3v) is 3.21. The van der Waals surface area contributed by atoms with Crippen LogP contribution in [0.25, 0.3) is 11.3 Å². The van der Waals surface area contributed by atoms with Crippen LogP contribution in [0.2, 0.25) is 0 Å². The molecule has 0 radical (unpaired) electrons. The van der Waals surface area contributed by atoms with Crippen LogP contribution in [0.5, 0.6) is 0 Å². The van der Waals surface area contributed by atoms with E-state index in [9.17, 15) is 14.9 Å². The molecule has 0 spiro atoms. The van der Waals surface area contributed by atoms with Crippen LogP contribution in [0.1, 0.15) is 11.5 Å². The number of nitro groups is 1. The number of imidazole rings is 1. The van der Waals surface area contributed by atoms with Crippen molar-refractivity contribution in [1.82, 2.24) is 20.2 Å². The second-order valence-corrected chi connectivity index (χ2v) is 4.88. The summed E-state index contributed by atoms with van der Waals surface area (Å²) in [5.41, 5.74) is 2.12. The van der Waals surface area contributed by atoms with Gasteiger partial charge < -0.3 is 15.2 Å². The molecule has 0 fully saturated rings. The van der Waals surface area contributed by atoms with Crippen molar-refractivity contribution in [2.24, 2.45) is 0 Å². The first-order valence-electron chi connectivity index (χ1n) is 6.65. The molecule has 22 heavy (non-hydrogen) atoms. The number of carbonyl (C=O) groups excluding carboxylic acids is 1. The van der Waals surface area contributed by atoms with Crippen LogP contribution >= 0.6 is 0 Å². The first-order valence-corrected chi connectivity index (χ1v) is 6.65. The average Bonchev–Trinajstić information content (AvgIpc) is 2.86. The zero-order valence-corrected chi connectivity index (χ0v) is 12.6. The van der Waals surface area contributed by atoms with Crippen molar-refractivity contribution >= 4 is 11.7 Å². The van der Waals surface area contributed by atoms with Crippen LogP contribution < -0.4 is 5.32 Å². The second kappa shape index (κ2) is 6.25. The highest BCUT2D eigenvalue weighted by Crippen LogP contribution is 2.25. The Balaban J connectivity index is 2.28. The molecule has 2 N–H and O–H groups in total. The summed E-state index contributed by atoms with van der Waals surface area (Å²) >= 11 is 0. The predicted molar refractivity (Wildman–Crippen MR) is 81.3 cm³/mol. The van der Waals surface area contributed by atoms with E-state index in [1.807, 2.05) is 6.92 Å². The highest BCUT2D eigenvalue weighted by Gasteiger charge is 2.15. The molecule has 0 saturated heterocycles. The van der Waals surface area contributed by atoms with Gasteiger partial charge in [0.1, 0.15) is 5.82 Å². The summed E-state index contributed by atoms with van der Waals surface area (Å²) in [6, 6.07) is 6.09. The number of nitro benzene ring substituents is 1. The number of nitrogens with one attached hydrogen (secondary N) is 2. The van der Waals surface area contributed by atoms with Crippen LogP contribution in [-0.2, 0) is 6.54 Å². The topological polar surface area (TPSA) is 104 Å². The molecule has 2 aromatic rings. The largest absolute Gasteiger partial charge is 0.344 e. The van der Waals surface area contributed by atoms with Crippen molar-refractivity contribution < 1.29 is 9.72 Å². The number of amides is 2. The summed E-state index contributed by atoms with van der Waals surface area (Å²) in [5.74, 6) is 0.616. The number of hydrogen-bond donors (Lipinski definition) is 2. The molecule has 1 heterocycles. The first-order chi connectivity index (χ1) is 10.4. The summed E-state index contributed by atoms with van der Waals surface area (Å²) in [5, 5.41) is 13.4. The van der Waals surface area contributed by atoms with Crippen molar-refractivity contribution in [3.63, 3.8) is 0 Å². The van der Waals surface area contributed by atoms with E-state index in [0.29, 0.717) is 23.6 Å². The van der Waals surface area contributed by atoms with Crippen LogP contribution in [-0.4, -0.2) is 39.9 Å². The fourth-order valence-corrected chi connectivity index (χ4v) is 2.13. The summed E-state index contributed by atoms with van der Waals surface area (Å²) in [7, 11) is 3.21. The summed E-state index contributed by atoms with van der Waals surface area (Å²) in [6.45, 7) is 2.15. The van der Waals surface area contributed by atoms with E-state index in [1.165, 1.54) is 17.0 Å². The van der Waals surface area contributed by atoms with E-state index in [0.717, 1.165) is 5.69 Å². The smallest absolute Gasteiger partial charge is 0.317 e. The monoisotopic (exact) mass is 303 g/mol. The molecule has 8 heteroatoms. The number of hydrogen-bond acceptors (Lipinski definition) is 4. The molecule has 8 nitrogen and oxygen atoms in total. The Morgan fingerprint density at radius 3 is 2.86 bits per heavy atom. The molecule has 2 rings (SSSR count). The van der Waals surface area contributed by atoms with Crippen LogP contribution in [0.15, 0.2) is 24.3 Å². The maximum absolute atomic E-state index is 11.5. The van der Waals surface area contributed by atoms with Crippen LogP contribution in [0.3, 0.4) is 0 Å². The highest BCUT2D eigenvalue weighted by atomic mass is 16.6. The van der Waals surface area contributed by atoms with Crippen LogP contribution in [0.4, 0.5) is 10.5 Å². The predicted octanol–water partition coefficient (Wildman–Crippen LogP) is 2.06. The maximum Gasteiger partial charge on any atom is 0.317 e. The lowest BCUT2D eigenvalue weighted by Crippen LogP contribution is -2.34. The van der Waals surface area contributed by atoms with Crippen molar-refractivity contribution in [2.45, 2.75) is 13.5 Å². The van der Waals surface area contributed by atoms with E-state index in [4.69, 9.17) is 0 Å². The number of aromatic nitrogens is 2. The lowest BCUT2D eigenvalue weighted by atomic mass is 10.1. The minimum absolute atomic E-state index is 0.0175. The fourth-order valence-electron chi connectivity index (χ4n) is 2.13. The molecule has 116 valence electrons. The van der Waals surface area contributed by atoms with Gasteiger partial charge in [-0.15, -0.1) is 0 Å². The molecule has 0 aliphatic rings. The molecule has 0 atom stereocenters. The van der Waals surface area contributed by atoms with Crippen molar-refractivity contribution in [3.8, 4) is 11.3 Å². The quantitative estimate of drug-likeness (QED) is 0.666. The van der Waals surface area contributed by atoms with Gasteiger partial charge in [0.25, 0.3) is 5.69 Å². The first kappa shape index (κ1) is 15.5. The van der Waals surface area contributed by atoms with Crippen molar-refractivity contribution in [1.29, 1.82) is 0 Å². The van der Waals surface area contributed by atoms with E-state index in [1.54, 1.807) is 26.2 Å². The summed E-state index contributed by atoms with van der Waals surface area (Å²) < 4.78 is 0. The number of aromatic amines is 1. The third-order valence-electron chi connectivity index (χ3n) is 3.21. The standard InChI is InChI=1S/C14H17N5O3/c1-9-13(10-5-4-6-11(7-10)19(21)22)17-12(16-9)8-18(3)14(20)15-2/h4-7H,8H2,1-3H3,(H,15,20)(H,16,17). The average molecular weight is 303 g/mol. The highest BCUT2D eigenvalue weighted by molar-refractivity contribution is 5.73. The van der Waals surface area contributed by atoms with Crippen molar-refractivity contribution in [2.75, 3.05) is 14.1 Å². The summed E-state index contributed by atoms with van der Waals surface area (Å²) in [4.78, 5) is 30.9. The van der Waals surface area contributed by atoms with Gasteiger partial charge in [0.05, 0.1) is 17.2 Å². The zero-order chi connectivity index (χ0) is 16.3. The Labute approximate surface area is 127 Å². The lowest BCUT2D eigenvalue weighted by molar-refractivity contribution is -0.384. The van der Waals surface area contributed by atoms with Gasteiger partial charge in [-0.3, -0.25) is 10.1 Å². The SMILES string of the molecule is CNC(=O)N(C)Cc1nc(-c2cccc([N+](=O)[O-])c2)c(C)[nH]1. The maximum atomic E-state index is 11.5. The third kappa shape index (κ3) is 3.22. The molecule has 0 aliphatic heterocycles. The Bertz CT molecular complexity index is 710.